The molecule has 0 unspecified atom stereocenters. The van der Waals surface area contributed by atoms with Gasteiger partial charge in [-0.25, -0.2) is 0 Å². The molecule has 0 aliphatic rings. The summed E-state index contributed by atoms with van der Waals surface area (Å²) in [6, 6.07) is 7.10. The van der Waals surface area contributed by atoms with E-state index in [9.17, 15) is 4.79 Å². The van der Waals surface area contributed by atoms with Crippen LogP contribution in [0.3, 0.4) is 0 Å². The summed E-state index contributed by atoms with van der Waals surface area (Å²) in [5.74, 6) is 0.511. The molecule has 4 nitrogen and oxygen atoms in total. The Labute approximate surface area is 114 Å². The summed E-state index contributed by atoms with van der Waals surface area (Å²) in [6.45, 7) is 3.00. The molecule has 4 heteroatoms. The van der Waals surface area contributed by atoms with Crippen LogP contribution in [-0.2, 0) is 9.53 Å². The summed E-state index contributed by atoms with van der Waals surface area (Å²) in [5.41, 5.74) is 6.26. The Morgan fingerprint density at radius 3 is 2.53 bits per heavy atom. The third-order valence-electron chi connectivity index (χ3n) is 2.72. The minimum atomic E-state index is -0.202. The van der Waals surface area contributed by atoms with Crippen molar-refractivity contribution in [3.63, 3.8) is 0 Å². The fraction of sp³-hybridized carbons (Fsp3) is 0.533. The van der Waals surface area contributed by atoms with Gasteiger partial charge >= 0.3 is 5.97 Å². The van der Waals surface area contributed by atoms with Gasteiger partial charge in [-0.15, -0.1) is 0 Å². The maximum atomic E-state index is 11.4. The van der Waals surface area contributed by atoms with Gasteiger partial charge in [0.25, 0.3) is 0 Å². The van der Waals surface area contributed by atoms with Crippen LogP contribution < -0.4 is 10.5 Å². The number of benzene rings is 1. The van der Waals surface area contributed by atoms with E-state index >= 15 is 0 Å². The van der Waals surface area contributed by atoms with Gasteiger partial charge in [-0.2, -0.15) is 0 Å². The topological polar surface area (TPSA) is 61.5 Å². The maximum absolute atomic E-state index is 11.4. The lowest BCUT2D eigenvalue weighted by atomic mass is 10.2. The summed E-state index contributed by atoms with van der Waals surface area (Å²) < 4.78 is 10.5. The van der Waals surface area contributed by atoms with Crippen molar-refractivity contribution in [2.75, 3.05) is 18.9 Å². The Bertz CT molecular complexity index is 362. The highest BCUT2D eigenvalue weighted by molar-refractivity contribution is 5.69. The Balaban J connectivity index is 2.05. The van der Waals surface area contributed by atoms with Crippen LogP contribution >= 0.6 is 0 Å². The predicted molar refractivity (Wildman–Crippen MR) is 76.1 cm³/mol. The third kappa shape index (κ3) is 7.34. The van der Waals surface area contributed by atoms with Crippen LogP contribution in [0.2, 0.25) is 0 Å². The third-order valence-corrected chi connectivity index (χ3v) is 2.72. The molecule has 0 heterocycles. The average Bonchev–Trinajstić information content (AvgIpc) is 2.41. The summed E-state index contributed by atoms with van der Waals surface area (Å²) in [7, 11) is 0. The summed E-state index contributed by atoms with van der Waals surface area (Å²) in [4.78, 5) is 11.4. The first-order valence-electron chi connectivity index (χ1n) is 6.86. The molecule has 0 aromatic heterocycles. The number of ether oxygens (including phenoxy) is 2. The van der Waals surface area contributed by atoms with Gasteiger partial charge in [0.2, 0.25) is 0 Å². The minimum Gasteiger partial charge on any atom is -0.493 e. The lowest BCUT2D eigenvalue weighted by Crippen LogP contribution is -2.10. The predicted octanol–water partition coefficient (Wildman–Crippen LogP) is 3.16. The molecule has 0 saturated heterocycles. The smallest absolute Gasteiger partial charge is 0.309 e. The molecule has 1 aromatic carbocycles. The fourth-order valence-corrected chi connectivity index (χ4v) is 1.60. The maximum Gasteiger partial charge on any atom is 0.309 e. The van der Waals surface area contributed by atoms with Gasteiger partial charge in [-0.3, -0.25) is 4.79 Å². The molecule has 0 radical (unpaired) electrons. The Morgan fingerprint density at radius 2 is 1.84 bits per heavy atom. The average molecular weight is 265 g/mol. The molecule has 0 amide bonds. The number of anilines is 1. The molecule has 2 N–H and O–H groups in total. The van der Waals surface area contributed by atoms with Gasteiger partial charge in [0.15, 0.2) is 0 Å². The van der Waals surface area contributed by atoms with Crippen molar-refractivity contribution in [1.82, 2.24) is 0 Å². The van der Waals surface area contributed by atoms with E-state index < -0.39 is 0 Å². The van der Waals surface area contributed by atoms with Gasteiger partial charge in [0.05, 0.1) is 19.6 Å². The lowest BCUT2D eigenvalue weighted by Gasteiger charge is -2.07. The number of hydrogen-bond acceptors (Lipinski definition) is 4. The van der Waals surface area contributed by atoms with Gasteiger partial charge in [-0.1, -0.05) is 26.2 Å². The molecule has 0 saturated carbocycles. The first-order valence-corrected chi connectivity index (χ1v) is 6.86. The Kier molecular flexibility index (Phi) is 7.47. The van der Waals surface area contributed by atoms with E-state index in [0.29, 0.717) is 24.7 Å². The molecular formula is C15H23NO3. The van der Waals surface area contributed by atoms with Crippen LogP contribution in [-0.4, -0.2) is 19.2 Å². The first kappa shape index (κ1) is 15.3. The van der Waals surface area contributed by atoms with Crippen molar-refractivity contribution in [3.05, 3.63) is 24.3 Å². The van der Waals surface area contributed by atoms with E-state index in [1.807, 2.05) is 0 Å². The van der Waals surface area contributed by atoms with Crippen molar-refractivity contribution in [2.45, 2.75) is 39.0 Å². The standard InChI is InChI=1S/C15H23NO3/c1-2-3-4-5-11-19-15(17)10-12-18-14-8-6-13(16)7-9-14/h6-9H,2-5,10-12,16H2,1H3. The van der Waals surface area contributed by atoms with Crippen LogP contribution in [0.4, 0.5) is 5.69 Å². The van der Waals surface area contributed by atoms with Gasteiger partial charge in [0, 0.05) is 5.69 Å². The zero-order chi connectivity index (χ0) is 13.9. The van der Waals surface area contributed by atoms with Crippen LogP contribution in [0.15, 0.2) is 24.3 Å². The van der Waals surface area contributed by atoms with Crippen molar-refractivity contribution < 1.29 is 14.3 Å². The Morgan fingerprint density at radius 1 is 1.11 bits per heavy atom. The van der Waals surface area contributed by atoms with E-state index in [1.54, 1.807) is 24.3 Å². The monoisotopic (exact) mass is 265 g/mol. The van der Waals surface area contributed by atoms with E-state index in [0.717, 1.165) is 12.8 Å². The van der Waals surface area contributed by atoms with Crippen molar-refractivity contribution in [1.29, 1.82) is 0 Å². The van der Waals surface area contributed by atoms with Crippen molar-refractivity contribution in [3.8, 4) is 5.75 Å². The van der Waals surface area contributed by atoms with Crippen LogP contribution in [0, 0.1) is 0 Å². The summed E-state index contributed by atoms with van der Waals surface area (Å²) in [6.07, 6.45) is 4.71. The first-order chi connectivity index (χ1) is 9.22. The number of nitrogen functional groups attached to an aromatic ring is 1. The molecule has 0 bridgehead atoms. The number of rotatable bonds is 9. The lowest BCUT2D eigenvalue weighted by molar-refractivity contribution is -0.144. The van der Waals surface area contributed by atoms with Crippen LogP contribution in [0.25, 0.3) is 0 Å². The molecular weight excluding hydrogens is 242 g/mol. The SMILES string of the molecule is CCCCCCOC(=O)CCOc1ccc(N)cc1. The molecule has 0 fully saturated rings. The zero-order valence-electron chi connectivity index (χ0n) is 11.6. The number of unbranched alkanes of at least 4 members (excludes halogenated alkanes) is 3. The highest BCUT2D eigenvalue weighted by Gasteiger charge is 2.03. The van der Waals surface area contributed by atoms with E-state index in [4.69, 9.17) is 15.2 Å². The molecule has 0 atom stereocenters. The molecule has 106 valence electrons. The van der Waals surface area contributed by atoms with Gasteiger partial charge in [-0.05, 0) is 30.7 Å². The highest BCUT2D eigenvalue weighted by Crippen LogP contribution is 2.13. The highest BCUT2D eigenvalue weighted by atomic mass is 16.5. The number of nitrogens with two attached hydrogens (primary N) is 1. The number of esters is 1. The zero-order valence-corrected chi connectivity index (χ0v) is 11.6. The van der Waals surface area contributed by atoms with E-state index in [1.165, 1.54) is 12.8 Å². The number of hydrogen-bond donors (Lipinski definition) is 1. The van der Waals surface area contributed by atoms with Crippen LogP contribution in [0.5, 0.6) is 5.75 Å². The molecule has 0 aliphatic heterocycles. The second-order valence-electron chi connectivity index (χ2n) is 4.45. The summed E-state index contributed by atoms with van der Waals surface area (Å²) >= 11 is 0. The molecule has 1 rings (SSSR count). The van der Waals surface area contributed by atoms with E-state index in [-0.39, 0.29) is 12.4 Å². The minimum absolute atomic E-state index is 0.202. The van der Waals surface area contributed by atoms with Crippen LogP contribution in [0.1, 0.15) is 39.0 Å². The van der Waals surface area contributed by atoms with E-state index in [2.05, 4.69) is 6.92 Å². The number of carbonyl (C=O) groups excluding carboxylic acids is 1. The summed E-state index contributed by atoms with van der Waals surface area (Å²) in [5, 5.41) is 0. The molecule has 0 spiro atoms. The number of carbonyl (C=O) groups is 1. The fourth-order valence-electron chi connectivity index (χ4n) is 1.60. The molecule has 19 heavy (non-hydrogen) atoms. The largest absolute Gasteiger partial charge is 0.493 e. The second-order valence-corrected chi connectivity index (χ2v) is 4.45. The molecule has 0 aliphatic carbocycles. The van der Waals surface area contributed by atoms with Gasteiger partial charge < -0.3 is 15.2 Å². The quantitative estimate of drug-likeness (QED) is 0.423. The Hall–Kier alpha value is -1.71. The van der Waals surface area contributed by atoms with Gasteiger partial charge in [0.1, 0.15) is 5.75 Å². The van der Waals surface area contributed by atoms with Crippen molar-refractivity contribution >= 4 is 11.7 Å². The molecule has 1 aromatic rings. The second kappa shape index (κ2) is 9.25. The van der Waals surface area contributed by atoms with Crippen molar-refractivity contribution in [2.24, 2.45) is 0 Å². The normalized spacial score (nSPS) is 10.2.